The molecule has 2 aromatic rings. The van der Waals surface area contributed by atoms with Crippen molar-refractivity contribution in [3.05, 3.63) is 65.2 Å². The van der Waals surface area contributed by atoms with Crippen LogP contribution in [0.3, 0.4) is 0 Å². The Labute approximate surface area is 141 Å². The highest BCUT2D eigenvalue weighted by atomic mass is 35.5. The zero-order valence-corrected chi connectivity index (χ0v) is 13.8. The monoisotopic (exact) mass is 329 g/mol. The average molecular weight is 330 g/mol. The van der Waals surface area contributed by atoms with Crippen molar-refractivity contribution in [2.45, 2.75) is 6.04 Å². The van der Waals surface area contributed by atoms with Crippen molar-refractivity contribution in [3.63, 3.8) is 0 Å². The van der Waals surface area contributed by atoms with Crippen molar-refractivity contribution >= 4 is 23.3 Å². The summed E-state index contributed by atoms with van der Waals surface area (Å²) in [7, 11) is 2.09. The number of nitrogens with zero attached hydrogens (tertiary/aromatic N) is 2. The third-order valence-electron chi connectivity index (χ3n) is 4.10. The molecule has 2 aromatic carbocycles. The number of halogens is 1. The summed E-state index contributed by atoms with van der Waals surface area (Å²) in [6.07, 6.45) is 0. The van der Waals surface area contributed by atoms with Gasteiger partial charge in [-0.3, -0.25) is 0 Å². The Balaban J connectivity index is 1.79. The van der Waals surface area contributed by atoms with Crippen molar-refractivity contribution in [3.8, 4) is 0 Å². The standard InChI is InChI=1S/C18H20ClN3O/c1-21-10-11-22(17(13-21)14-6-3-2-4-7-14)18(23)20-16-9-5-8-15(19)12-16/h2-9,12,17H,10-11,13H2,1H3,(H,20,23). The van der Waals surface area contributed by atoms with E-state index in [2.05, 4.69) is 29.4 Å². The van der Waals surface area contributed by atoms with E-state index in [9.17, 15) is 4.79 Å². The molecule has 23 heavy (non-hydrogen) atoms. The third kappa shape index (κ3) is 3.84. The second-order valence-corrected chi connectivity index (χ2v) is 6.26. The average Bonchev–Trinajstić information content (AvgIpc) is 2.55. The van der Waals surface area contributed by atoms with Crippen LogP contribution in [0, 0.1) is 0 Å². The molecule has 0 aromatic heterocycles. The van der Waals surface area contributed by atoms with E-state index < -0.39 is 0 Å². The molecule has 0 radical (unpaired) electrons. The van der Waals surface area contributed by atoms with E-state index in [-0.39, 0.29) is 12.1 Å². The number of carbonyl (C=O) groups is 1. The second kappa shape index (κ2) is 7.02. The van der Waals surface area contributed by atoms with Crippen LogP contribution < -0.4 is 5.32 Å². The van der Waals surface area contributed by atoms with Crippen molar-refractivity contribution in [1.29, 1.82) is 0 Å². The Morgan fingerprint density at radius 1 is 1.13 bits per heavy atom. The Kier molecular flexibility index (Phi) is 4.84. The molecule has 1 aliphatic heterocycles. The van der Waals surface area contributed by atoms with Gasteiger partial charge in [0.1, 0.15) is 0 Å². The van der Waals surface area contributed by atoms with Gasteiger partial charge in [0.2, 0.25) is 0 Å². The number of amides is 2. The van der Waals surface area contributed by atoms with Crippen LogP contribution in [0.15, 0.2) is 54.6 Å². The van der Waals surface area contributed by atoms with Crippen LogP contribution in [0.25, 0.3) is 0 Å². The molecule has 3 rings (SSSR count). The van der Waals surface area contributed by atoms with Gasteiger partial charge in [-0.25, -0.2) is 4.79 Å². The van der Waals surface area contributed by atoms with Crippen molar-refractivity contribution < 1.29 is 4.79 Å². The molecule has 0 aliphatic carbocycles. The van der Waals surface area contributed by atoms with Gasteiger partial charge in [0.25, 0.3) is 0 Å². The second-order valence-electron chi connectivity index (χ2n) is 5.82. The van der Waals surface area contributed by atoms with E-state index in [1.807, 2.05) is 35.2 Å². The third-order valence-corrected chi connectivity index (χ3v) is 4.34. The number of likely N-dealkylation sites (N-methyl/N-ethyl adjacent to an activating group) is 1. The number of nitrogens with one attached hydrogen (secondary N) is 1. The van der Waals surface area contributed by atoms with Crippen LogP contribution in [0.5, 0.6) is 0 Å². The molecular weight excluding hydrogens is 310 g/mol. The topological polar surface area (TPSA) is 35.6 Å². The van der Waals surface area contributed by atoms with Crippen LogP contribution in [0.1, 0.15) is 11.6 Å². The highest BCUT2D eigenvalue weighted by molar-refractivity contribution is 6.30. The van der Waals surface area contributed by atoms with Gasteiger partial charge in [-0.2, -0.15) is 0 Å². The van der Waals surface area contributed by atoms with Gasteiger partial charge >= 0.3 is 6.03 Å². The summed E-state index contributed by atoms with van der Waals surface area (Å²) in [4.78, 5) is 16.9. The number of anilines is 1. The van der Waals surface area contributed by atoms with Gasteiger partial charge in [-0.05, 0) is 30.8 Å². The van der Waals surface area contributed by atoms with Gasteiger partial charge in [0.05, 0.1) is 6.04 Å². The minimum absolute atomic E-state index is 0.0501. The molecule has 1 saturated heterocycles. The van der Waals surface area contributed by atoms with E-state index in [4.69, 9.17) is 11.6 Å². The Bertz CT molecular complexity index is 677. The van der Waals surface area contributed by atoms with Crippen molar-refractivity contribution in [2.24, 2.45) is 0 Å². The van der Waals surface area contributed by atoms with Gasteiger partial charge in [0.15, 0.2) is 0 Å². The molecule has 4 nitrogen and oxygen atoms in total. The Morgan fingerprint density at radius 2 is 1.91 bits per heavy atom. The molecule has 1 unspecified atom stereocenters. The molecular formula is C18H20ClN3O. The first-order chi connectivity index (χ1) is 11.1. The van der Waals surface area contributed by atoms with Crippen molar-refractivity contribution in [1.82, 2.24) is 9.80 Å². The maximum absolute atomic E-state index is 12.7. The van der Waals surface area contributed by atoms with Gasteiger partial charge in [0, 0.05) is 30.3 Å². The first kappa shape index (κ1) is 15.8. The number of hydrogen-bond acceptors (Lipinski definition) is 2. The molecule has 1 heterocycles. The summed E-state index contributed by atoms with van der Waals surface area (Å²) in [6, 6.07) is 17.3. The first-order valence-electron chi connectivity index (χ1n) is 7.70. The summed E-state index contributed by atoms with van der Waals surface area (Å²) in [5, 5.41) is 3.56. The van der Waals surface area contributed by atoms with Crippen LogP contribution >= 0.6 is 11.6 Å². The summed E-state index contributed by atoms with van der Waals surface area (Å²) in [5.74, 6) is 0. The summed E-state index contributed by atoms with van der Waals surface area (Å²) in [5.41, 5.74) is 1.87. The number of urea groups is 1. The lowest BCUT2D eigenvalue weighted by Gasteiger charge is -2.40. The van der Waals surface area contributed by atoms with Crippen LogP contribution in [-0.4, -0.2) is 42.5 Å². The van der Waals surface area contributed by atoms with E-state index in [0.29, 0.717) is 17.3 Å². The molecule has 120 valence electrons. The SMILES string of the molecule is CN1CCN(C(=O)Nc2cccc(Cl)c2)C(c2ccccc2)C1. The highest BCUT2D eigenvalue weighted by Crippen LogP contribution is 2.26. The van der Waals surface area contributed by atoms with Crippen LogP contribution in [0.2, 0.25) is 5.02 Å². The van der Waals surface area contributed by atoms with E-state index >= 15 is 0 Å². The molecule has 1 aliphatic rings. The first-order valence-corrected chi connectivity index (χ1v) is 8.08. The molecule has 0 saturated carbocycles. The largest absolute Gasteiger partial charge is 0.322 e. The molecule has 1 atom stereocenters. The highest BCUT2D eigenvalue weighted by Gasteiger charge is 2.30. The fourth-order valence-corrected chi connectivity index (χ4v) is 3.07. The lowest BCUT2D eigenvalue weighted by Crippen LogP contribution is -2.50. The minimum atomic E-state index is -0.0887. The molecule has 0 bridgehead atoms. The number of carbonyl (C=O) groups excluding carboxylic acids is 1. The fourth-order valence-electron chi connectivity index (χ4n) is 2.88. The summed E-state index contributed by atoms with van der Waals surface area (Å²) >= 11 is 5.99. The number of rotatable bonds is 2. The number of benzene rings is 2. The lowest BCUT2D eigenvalue weighted by atomic mass is 10.0. The fraction of sp³-hybridized carbons (Fsp3) is 0.278. The maximum atomic E-state index is 12.7. The normalized spacial score (nSPS) is 18.7. The number of piperazine rings is 1. The molecule has 5 heteroatoms. The zero-order valence-electron chi connectivity index (χ0n) is 13.1. The zero-order chi connectivity index (χ0) is 16.2. The lowest BCUT2D eigenvalue weighted by molar-refractivity contribution is 0.117. The van der Waals surface area contributed by atoms with Crippen molar-refractivity contribution in [2.75, 3.05) is 32.0 Å². The molecule has 1 fully saturated rings. The molecule has 2 amide bonds. The van der Waals surface area contributed by atoms with Gasteiger partial charge in [-0.15, -0.1) is 0 Å². The molecule has 1 N–H and O–H groups in total. The summed E-state index contributed by atoms with van der Waals surface area (Å²) in [6.45, 7) is 2.39. The smallest absolute Gasteiger partial charge is 0.315 e. The van der Waals surface area contributed by atoms with E-state index in [1.165, 1.54) is 0 Å². The van der Waals surface area contributed by atoms with Crippen LogP contribution in [0.4, 0.5) is 10.5 Å². The minimum Gasteiger partial charge on any atom is -0.315 e. The van der Waals surface area contributed by atoms with Gasteiger partial charge < -0.3 is 15.1 Å². The Morgan fingerprint density at radius 3 is 2.65 bits per heavy atom. The maximum Gasteiger partial charge on any atom is 0.322 e. The van der Waals surface area contributed by atoms with Gasteiger partial charge in [-0.1, -0.05) is 48.0 Å². The van der Waals surface area contributed by atoms with Crippen LogP contribution in [-0.2, 0) is 0 Å². The Hall–Kier alpha value is -2.04. The molecule has 0 spiro atoms. The summed E-state index contributed by atoms with van der Waals surface area (Å²) < 4.78 is 0. The predicted molar refractivity (Wildman–Crippen MR) is 93.9 cm³/mol. The number of hydrogen-bond donors (Lipinski definition) is 1. The predicted octanol–water partition coefficient (Wildman–Crippen LogP) is 3.86. The van der Waals surface area contributed by atoms with E-state index in [1.54, 1.807) is 12.1 Å². The van der Waals surface area contributed by atoms with E-state index in [0.717, 1.165) is 18.7 Å². The quantitative estimate of drug-likeness (QED) is 0.908.